The molecule has 1 N–H and O–H groups in total. The summed E-state index contributed by atoms with van der Waals surface area (Å²) in [6.45, 7) is 4.98. The largest absolute Gasteiger partial charge is 0.492 e. The predicted octanol–water partition coefficient (Wildman–Crippen LogP) is 1.97. The number of nitrogens with zero attached hydrogens (tertiary/aromatic N) is 1. The number of carbonyl (C=O) groups is 2. The van der Waals surface area contributed by atoms with Crippen LogP contribution in [0.15, 0.2) is 18.9 Å². The number of ether oxygens (including phenoxy) is 2. The Labute approximate surface area is 105 Å². The minimum atomic E-state index is -0.631. The van der Waals surface area contributed by atoms with Gasteiger partial charge in [0, 0.05) is 20.2 Å². The summed E-state index contributed by atoms with van der Waals surface area (Å²) in [5.41, 5.74) is 0.774. The van der Waals surface area contributed by atoms with Crippen LogP contribution in [-0.4, -0.2) is 30.2 Å². The molecule has 6 heteroatoms. The van der Waals surface area contributed by atoms with E-state index in [-0.39, 0.29) is 12.4 Å². The van der Waals surface area contributed by atoms with E-state index in [9.17, 15) is 9.59 Å². The molecule has 1 amide bonds. The highest BCUT2D eigenvalue weighted by molar-refractivity contribution is 5.99. The van der Waals surface area contributed by atoms with E-state index in [4.69, 9.17) is 9.47 Å². The molecule has 0 atom stereocenters. The molecule has 0 aliphatic rings. The molecule has 0 spiro atoms. The van der Waals surface area contributed by atoms with Crippen molar-refractivity contribution in [3.05, 3.63) is 24.5 Å². The lowest BCUT2D eigenvalue weighted by atomic mass is 10.3. The van der Waals surface area contributed by atoms with Crippen molar-refractivity contribution in [1.82, 2.24) is 4.57 Å². The number of anilines is 1. The van der Waals surface area contributed by atoms with Gasteiger partial charge in [-0.3, -0.25) is 10.1 Å². The number of aromatic nitrogens is 1. The van der Waals surface area contributed by atoms with Crippen molar-refractivity contribution in [2.75, 3.05) is 19.0 Å². The van der Waals surface area contributed by atoms with Gasteiger partial charge < -0.3 is 14.0 Å². The summed E-state index contributed by atoms with van der Waals surface area (Å²) >= 11 is 0. The lowest BCUT2D eigenvalue weighted by Gasteiger charge is -2.06. The van der Waals surface area contributed by atoms with Crippen LogP contribution < -0.4 is 10.1 Å². The van der Waals surface area contributed by atoms with Gasteiger partial charge in [-0.1, -0.05) is 12.7 Å². The average molecular weight is 252 g/mol. The van der Waals surface area contributed by atoms with Crippen LogP contribution in [0.1, 0.15) is 17.4 Å². The molecule has 1 rings (SSSR count). The van der Waals surface area contributed by atoms with Gasteiger partial charge in [0.05, 0.1) is 7.11 Å². The first-order valence-corrected chi connectivity index (χ1v) is 5.30. The Balaban J connectivity index is 2.96. The molecule has 0 aliphatic heterocycles. The van der Waals surface area contributed by atoms with Gasteiger partial charge in [-0.25, -0.2) is 4.79 Å². The molecule has 0 bridgehead atoms. The molecule has 1 aromatic heterocycles. The summed E-state index contributed by atoms with van der Waals surface area (Å²) in [7, 11) is 3.13. The Hall–Kier alpha value is -2.24. The minimum absolute atomic E-state index is 0.112. The first-order valence-electron chi connectivity index (χ1n) is 5.30. The van der Waals surface area contributed by atoms with E-state index >= 15 is 0 Å². The third-order valence-corrected chi connectivity index (χ3v) is 2.24. The second kappa shape index (κ2) is 5.90. The van der Waals surface area contributed by atoms with Gasteiger partial charge in [0.15, 0.2) is 11.5 Å². The fourth-order valence-electron chi connectivity index (χ4n) is 1.59. The van der Waals surface area contributed by atoms with Gasteiger partial charge >= 0.3 is 6.09 Å². The first-order chi connectivity index (χ1) is 8.51. The van der Waals surface area contributed by atoms with Crippen LogP contribution in [0, 0.1) is 0 Å². The highest BCUT2D eigenvalue weighted by Crippen LogP contribution is 2.30. The Morgan fingerprint density at radius 1 is 1.56 bits per heavy atom. The number of ketones is 1. The molecule has 0 radical (unpaired) electrons. The molecule has 0 aromatic carbocycles. The molecule has 6 nitrogen and oxygen atoms in total. The molecule has 0 fully saturated rings. The summed E-state index contributed by atoms with van der Waals surface area (Å²) in [4.78, 5) is 22.9. The van der Waals surface area contributed by atoms with Gasteiger partial charge in [0.25, 0.3) is 0 Å². The fourth-order valence-corrected chi connectivity index (χ4v) is 1.59. The summed E-state index contributed by atoms with van der Waals surface area (Å²) in [6, 6.07) is 0. The van der Waals surface area contributed by atoms with E-state index in [0.717, 1.165) is 0 Å². The first kappa shape index (κ1) is 13.8. The zero-order valence-electron chi connectivity index (χ0n) is 10.6. The normalized spacial score (nSPS) is 9.72. The molecule has 98 valence electrons. The zero-order chi connectivity index (χ0) is 13.7. The molecule has 1 aromatic rings. The van der Waals surface area contributed by atoms with Gasteiger partial charge in [-0.15, -0.1) is 0 Å². The van der Waals surface area contributed by atoms with Crippen molar-refractivity contribution < 1.29 is 19.1 Å². The van der Waals surface area contributed by atoms with E-state index in [1.165, 1.54) is 20.1 Å². The number of Topliss-reactive ketones (excluding diaryl/α,β-unsaturated/α-hetero) is 1. The lowest BCUT2D eigenvalue weighted by molar-refractivity contribution is 0.100. The molecule has 18 heavy (non-hydrogen) atoms. The third-order valence-electron chi connectivity index (χ3n) is 2.24. The Morgan fingerprint density at radius 3 is 2.72 bits per heavy atom. The number of carbonyl (C=O) groups excluding carboxylic acids is 2. The van der Waals surface area contributed by atoms with Crippen LogP contribution >= 0.6 is 0 Å². The Morgan fingerprint density at radius 2 is 2.22 bits per heavy atom. The SMILES string of the molecule is C=CCOC(=O)Nc1cn(C)c(C(C)=O)c1OC. The fraction of sp³-hybridized carbons (Fsp3) is 0.333. The number of amides is 1. The Bertz CT molecular complexity index is 477. The van der Waals surface area contributed by atoms with E-state index in [1.807, 2.05) is 0 Å². The van der Waals surface area contributed by atoms with Crippen molar-refractivity contribution >= 4 is 17.6 Å². The molecule has 0 saturated heterocycles. The maximum absolute atomic E-state index is 11.5. The molecule has 0 saturated carbocycles. The highest BCUT2D eigenvalue weighted by Gasteiger charge is 2.20. The van der Waals surface area contributed by atoms with Gasteiger partial charge in [0.1, 0.15) is 18.0 Å². The van der Waals surface area contributed by atoms with Crippen molar-refractivity contribution in [2.24, 2.45) is 7.05 Å². The second-order valence-electron chi connectivity index (χ2n) is 3.60. The standard InChI is InChI=1S/C12H16N2O4/c1-5-6-18-12(16)13-9-7-14(3)10(8(2)15)11(9)17-4/h5,7H,1,6H2,2-4H3,(H,13,16). The maximum Gasteiger partial charge on any atom is 0.412 e. The van der Waals surface area contributed by atoms with E-state index in [2.05, 4.69) is 11.9 Å². The quantitative estimate of drug-likeness (QED) is 0.642. The smallest absolute Gasteiger partial charge is 0.412 e. The lowest BCUT2D eigenvalue weighted by Crippen LogP contribution is -2.13. The summed E-state index contributed by atoms with van der Waals surface area (Å²) < 4.78 is 11.5. The molecular weight excluding hydrogens is 236 g/mol. The number of hydrogen-bond acceptors (Lipinski definition) is 4. The summed E-state index contributed by atoms with van der Waals surface area (Å²) in [5, 5.41) is 2.51. The minimum Gasteiger partial charge on any atom is -0.492 e. The number of nitrogens with one attached hydrogen (secondary N) is 1. The number of rotatable bonds is 5. The second-order valence-corrected chi connectivity index (χ2v) is 3.60. The van der Waals surface area contributed by atoms with Crippen molar-refractivity contribution in [1.29, 1.82) is 0 Å². The monoisotopic (exact) mass is 252 g/mol. The average Bonchev–Trinajstić information content (AvgIpc) is 2.62. The van der Waals surface area contributed by atoms with Crippen LogP contribution in [0.5, 0.6) is 5.75 Å². The topological polar surface area (TPSA) is 69.6 Å². The van der Waals surface area contributed by atoms with Crippen LogP contribution in [0.25, 0.3) is 0 Å². The zero-order valence-corrected chi connectivity index (χ0v) is 10.6. The molecule has 1 heterocycles. The van der Waals surface area contributed by atoms with Gasteiger partial charge in [-0.05, 0) is 0 Å². The van der Waals surface area contributed by atoms with Crippen LogP contribution in [-0.2, 0) is 11.8 Å². The number of hydrogen-bond donors (Lipinski definition) is 1. The van der Waals surface area contributed by atoms with Gasteiger partial charge in [0.2, 0.25) is 0 Å². The molecule has 0 aliphatic carbocycles. The predicted molar refractivity (Wildman–Crippen MR) is 67.1 cm³/mol. The third kappa shape index (κ3) is 2.91. The maximum atomic E-state index is 11.5. The van der Waals surface area contributed by atoms with Gasteiger partial charge in [-0.2, -0.15) is 0 Å². The molecule has 0 unspecified atom stereocenters. The van der Waals surface area contributed by atoms with Crippen LogP contribution in [0.3, 0.4) is 0 Å². The van der Waals surface area contributed by atoms with E-state index < -0.39 is 6.09 Å². The highest BCUT2D eigenvalue weighted by atomic mass is 16.5. The van der Waals surface area contributed by atoms with E-state index in [1.54, 1.807) is 17.8 Å². The number of methoxy groups -OCH3 is 1. The van der Waals surface area contributed by atoms with Crippen LogP contribution in [0.4, 0.5) is 10.5 Å². The van der Waals surface area contributed by atoms with E-state index in [0.29, 0.717) is 17.1 Å². The van der Waals surface area contributed by atoms with Crippen molar-refractivity contribution in [3.8, 4) is 5.75 Å². The van der Waals surface area contributed by atoms with Crippen LogP contribution in [0.2, 0.25) is 0 Å². The van der Waals surface area contributed by atoms with Crippen molar-refractivity contribution in [3.63, 3.8) is 0 Å². The Kier molecular flexibility index (Phi) is 4.53. The molecular formula is C12H16N2O4. The number of aryl methyl sites for hydroxylation is 1. The summed E-state index contributed by atoms with van der Waals surface area (Å²) in [5.74, 6) is 0.169. The summed E-state index contributed by atoms with van der Waals surface area (Å²) in [6.07, 6.45) is 2.42. The van der Waals surface area contributed by atoms with Crippen molar-refractivity contribution in [2.45, 2.75) is 6.92 Å².